The number of benzene rings is 2. The lowest BCUT2D eigenvalue weighted by molar-refractivity contribution is 0.483. The summed E-state index contributed by atoms with van der Waals surface area (Å²) in [6.45, 7) is 0. The maximum atomic E-state index is 12.9. The van der Waals surface area contributed by atoms with Crippen molar-refractivity contribution in [1.29, 1.82) is 0 Å². The van der Waals surface area contributed by atoms with Crippen molar-refractivity contribution in [2.24, 2.45) is 0 Å². The number of para-hydroxylation sites is 2. The van der Waals surface area contributed by atoms with Crippen LogP contribution < -0.4 is 10.0 Å². The third kappa shape index (κ3) is 2.83. The third-order valence-electron chi connectivity index (χ3n) is 2.45. The summed E-state index contributed by atoms with van der Waals surface area (Å²) in [5, 5.41) is 0. The molecule has 5 nitrogen and oxygen atoms in total. The highest BCUT2D eigenvalue weighted by molar-refractivity contribution is 7.87. The van der Waals surface area contributed by atoms with Crippen molar-refractivity contribution in [3.63, 3.8) is 0 Å². The Bertz CT molecular complexity index is 686. The normalized spacial score (nSPS) is 11.3. The second-order valence-corrected chi connectivity index (χ2v) is 5.04. The van der Waals surface area contributed by atoms with Crippen LogP contribution in [0.15, 0.2) is 48.5 Å². The third-order valence-corrected chi connectivity index (χ3v) is 3.32. The van der Waals surface area contributed by atoms with Crippen LogP contribution in [0.3, 0.4) is 0 Å². The Kier molecular flexibility index (Phi) is 3.41. The fourth-order valence-corrected chi connectivity index (χ4v) is 2.45. The lowest BCUT2D eigenvalue weighted by atomic mass is 10.2. The lowest BCUT2D eigenvalue weighted by Crippen LogP contribution is -2.26. The molecular weight excluding hydrogens is 271 g/mol. The van der Waals surface area contributed by atoms with Crippen LogP contribution in [0.4, 0.5) is 21.5 Å². The van der Waals surface area contributed by atoms with Gasteiger partial charge in [0, 0.05) is 0 Å². The van der Waals surface area contributed by atoms with E-state index >= 15 is 0 Å². The van der Waals surface area contributed by atoms with Gasteiger partial charge in [-0.2, -0.15) is 8.42 Å². The zero-order chi connectivity index (χ0) is 14.0. The van der Waals surface area contributed by atoms with E-state index < -0.39 is 16.1 Å². The van der Waals surface area contributed by atoms with Crippen molar-refractivity contribution in [1.82, 2.24) is 0 Å². The monoisotopic (exact) mass is 282 g/mol. The van der Waals surface area contributed by atoms with Crippen LogP contribution >= 0.6 is 0 Å². The lowest BCUT2D eigenvalue weighted by Gasteiger charge is -2.22. The molecule has 0 aliphatic heterocycles. The summed E-state index contributed by atoms with van der Waals surface area (Å²) in [6.07, 6.45) is 0. The summed E-state index contributed by atoms with van der Waals surface area (Å²) in [5.41, 5.74) is 6.04. The Morgan fingerprint density at radius 2 is 1.63 bits per heavy atom. The molecule has 19 heavy (non-hydrogen) atoms. The summed E-state index contributed by atoms with van der Waals surface area (Å²) in [4.78, 5) is 0. The zero-order valence-corrected chi connectivity index (χ0v) is 10.5. The molecule has 7 heteroatoms. The number of anilines is 3. The van der Waals surface area contributed by atoms with Crippen molar-refractivity contribution in [2.45, 2.75) is 0 Å². The van der Waals surface area contributed by atoms with Gasteiger partial charge in [-0.3, -0.25) is 4.55 Å². The minimum Gasteiger partial charge on any atom is -0.397 e. The van der Waals surface area contributed by atoms with Crippen LogP contribution in [0.1, 0.15) is 0 Å². The van der Waals surface area contributed by atoms with Gasteiger partial charge >= 0.3 is 10.3 Å². The van der Waals surface area contributed by atoms with E-state index in [1.165, 1.54) is 24.3 Å². The average molecular weight is 282 g/mol. The molecule has 0 unspecified atom stereocenters. The second-order valence-electron chi connectivity index (χ2n) is 3.78. The fraction of sp³-hybridized carbons (Fsp3) is 0. The summed E-state index contributed by atoms with van der Waals surface area (Å²) >= 11 is 0. The molecule has 0 spiro atoms. The van der Waals surface area contributed by atoms with E-state index in [9.17, 15) is 17.4 Å². The van der Waals surface area contributed by atoms with Crippen LogP contribution in [-0.2, 0) is 10.3 Å². The standard InChI is InChI=1S/C12H11FN2O3S/c13-9-5-7-10(8-6-9)15(19(16,17)18)12-4-2-1-3-11(12)14/h1-8H,14H2,(H,16,17,18). The zero-order valence-electron chi connectivity index (χ0n) is 9.69. The molecule has 0 saturated heterocycles. The van der Waals surface area contributed by atoms with Gasteiger partial charge in [-0.1, -0.05) is 12.1 Å². The highest BCUT2D eigenvalue weighted by Gasteiger charge is 2.23. The van der Waals surface area contributed by atoms with Crippen molar-refractivity contribution < 1.29 is 17.4 Å². The van der Waals surface area contributed by atoms with E-state index in [2.05, 4.69) is 0 Å². The van der Waals surface area contributed by atoms with Crippen molar-refractivity contribution in [3.8, 4) is 0 Å². The predicted molar refractivity (Wildman–Crippen MR) is 70.9 cm³/mol. The largest absolute Gasteiger partial charge is 0.397 e. The highest BCUT2D eigenvalue weighted by Crippen LogP contribution is 2.32. The molecule has 0 heterocycles. The Labute approximate surface area is 110 Å². The Morgan fingerprint density at radius 3 is 2.16 bits per heavy atom. The number of halogens is 1. The van der Waals surface area contributed by atoms with Gasteiger partial charge in [0.2, 0.25) is 0 Å². The molecule has 0 atom stereocenters. The van der Waals surface area contributed by atoms with E-state index in [0.29, 0.717) is 4.31 Å². The van der Waals surface area contributed by atoms with Gasteiger partial charge in [0.1, 0.15) is 5.82 Å². The molecule has 0 aliphatic carbocycles. The van der Waals surface area contributed by atoms with E-state index in [1.807, 2.05) is 0 Å². The first kappa shape index (κ1) is 13.3. The molecule has 0 aromatic heterocycles. The number of rotatable bonds is 3. The van der Waals surface area contributed by atoms with Crippen LogP contribution in [0.25, 0.3) is 0 Å². The topological polar surface area (TPSA) is 83.6 Å². The molecule has 2 rings (SSSR count). The molecule has 100 valence electrons. The molecule has 0 fully saturated rings. The molecule has 2 aromatic rings. The molecule has 0 radical (unpaired) electrons. The molecule has 0 bridgehead atoms. The van der Waals surface area contributed by atoms with Gasteiger partial charge < -0.3 is 5.73 Å². The number of hydrogen-bond donors (Lipinski definition) is 2. The number of nitrogens with two attached hydrogens (primary N) is 1. The van der Waals surface area contributed by atoms with Gasteiger partial charge in [0.05, 0.1) is 17.1 Å². The van der Waals surface area contributed by atoms with Crippen LogP contribution in [-0.4, -0.2) is 13.0 Å². The first-order chi connectivity index (χ1) is 8.89. The van der Waals surface area contributed by atoms with Gasteiger partial charge in [-0.15, -0.1) is 0 Å². The first-order valence-electron chi connectivity index (χ1n) is 5.27. The van der Waals surface area contributed by atoms with E-state index in [0.717, 1.165) is 12.1 Å². The van der Waals surface area contributed by atoms with Gasteiger partial charge in [0.15, 0.2) is 0 Å². The second kappa shape index (κ2) is 4.87. The van der Waals surface area contributed by atoms with Crippen LogP contribution in [0.2, 0.25) is 0 Å². The van der Waals surface area contributed by atoms with Crippen molar-refractivity contribution >= 4 is 27.4 Å². The molecule has 3 N–H and O–H groups in total. The number of nitrogen functional groups attached to an aromatic ring is 1. The Balaban J connectivity index is 2.62. The number of nitrogens with zero attached hydrogens (tertiary/aromatic N) is 1. The molecule has 2 aromatic carbocycles. The van der Waals surface area contributed by atoms with Crippen LogP contribution in [0, 0.1) is 5.82 Å². The van der Waals surface area contributed by atoms with Crippen molar-refractivity contribution in [3.05, 3.63) is 54.3 Å². The van der Waals surface area contributed by atoms with Gasteiger partial charge in [-0.25, -0.2) is 8.70 Å². The fourth-order valence-electron chi connectivity index (χ4n) is 1.65. The quantitative estimate of drug-likeness (QED) is 0.668. The molecule has 0 saturated carbocycles. The van der Waals surface area contributed by atoms with E-state index in [4.69, 9.17) is 5.73 Å². The van der Waals surface area contributed by atoms with Gasteiger partial charge in [-0.05, 0) is 36.4 Å². The summed E-state index contributed by atoms with van der Waals surface area (Å²) in [5.74, 6) is -0.514. The van der Waals surface area contributed by atoms with Crippen LogP contribution in [0.5, 0.6) is 0 Å². The first-order valence-corrected chi connectivity index (χ1v) is 6.67. The Morgan fingerprint density at radius 1 is 1.05 bits per heavy atom. The maximum absolute atomic E-state index is 12.9. The summed E-state index contributed by atoms with van der Waals surface area (Å²) in [7, 11) is -4.58. The molecule has 0 aliphatic rings. The smallest absolute Gasteiger partial charge is 0.364 e. The van der Waals surface area contributed by atoms with Crippen molar-refractivity contribution in [2.75, 3.05) is 10.0 Å². The van der Waals surface area contributed by atoms with E-state index in [1.54, 1.807) is 12.1 Å². The van der Waals surface area contributed by atoms with E-state index in [-0.39, 0.29) is 17.1 Å². The minimum atomic E-state index is -4.58. The van der Waals surface area contributed by atoms with Gasteiger partial charge in [0.25, 0.3) is 0 Å². The average Bonchev–Trinajstić information content (AvgIpc) is 2.33. The maximum Gasteiger partial charge on any atom is 0.364 e. The highest BCUT2D eigenvalue weighted by atomic mass is 32.2. The predicted octanol–water partition coefficient (Wildman–Crippen LogP) is 2.35. The summed E-state index contributed by atoms with van der Waals surface area (Å²) < 4.78 is 45.8. The SMILES string of the molecule is Nc1ccccc1N(c1ccc(F)cc1)S(=O)(=O)O. The summed E-state index contributed by atoms with van der Waals surface area (Å²) in [6, 6.07) is 10.8. The minimum absolute atomic E-state index is 0.0850. The Hall–Kier alpha value is -2.12. The number of hydrogen-bond acceptors (Lipinski definition) is 3. The molecular formula is C12H11FN2O3S. The molecule has 0 amide bonds.